The molecule has 5 rings (SSSR count). The highest BCUT2D eigenvalue weighted by Gasteiger charge is 2.23. The molecule has 0 spiro atoms. The topological polar surface area (TPSA) is 46.4 Å². The first-order valence-corrected chi connectivity index (χ1v) is 12.9. The predicted octanol–water partition coefficient (Wildman–Crippen LogP) is 7.46. The van der Waals surface area contributed by atoms with Crippen molar-refractivity contribution in [3.63, 3.8) is 0 Å². The molecule has 188 valence electrons. The van der Waals surface area contributed by atoms with Crippen molar-refractivity contribution in [2.24, 2.45) is 0 Å². The zero-order valence-electron chi connectivity index (χ0n) is 21.7. The summed E-state index contributed by atoms with van der Waals surface area (Å²) in [5.74, 6) is 0.846. The second-order valence-corrected chi connectivity index (χ2v) is 9.54. The van der Waals surface area contributed by atoms with Crippen molar-refractivity contribution in [1.82, 2.24) is 4.57 Å². The van der Waals surface area contributed by atoms with Crippen LogP contribution in [0, 0.1) is 13.8 Å². The highest BCUT2D eigenvalue weighted by atomic mass is 16.5. The number of fused-ring (bicyclic) bond motifs is 1. The van der Waals surface area contributed by atoms with Gasteiger partial charge in [0.25, 0.3) is 0 Å². The van der Waals surface area contributed by atoms with Crippen molar-refractivity contribution in [3.8, 4) is 28.1 Å². The van der Waals surface area contributed by atoms with E-state index < -0.39 is 6.10 Å². The van der Waals surface area contributed by atoms with Gasteiger partial charge >= 0.3 is 0 Å². The Kier molecular flexibility index (Phi) is 7.29. The Balaban J connectivity index is 1.56. The number of ether oxygens (including phenoxy) is 1. The Morgan fingerprint density at radius 2 is 1.49 bits per heavy atom. The normalized spacial score (nSPS) is 12.0. The number of hydrogen-bond acceptors (Lipinski definition) is 3. The summed E-state index contributed by atoms with van der Waals surface area (Å²) < 4.78 is 7.85. The summed E-state index contributed by atoms with van der Waals surface area (Å²) in [5.41, 5.74) is 9.23. The second kappa shape index (κ2) is 10.9. The average Bonchev–Trinajstić information content (AvgIpc) is 3.23. The zero-order valence-corrected chi connectivity index (χ0v) is 21.7. The number of aromatic nitrogens is 1. The summed E-state index contributed by atoms with van der Waals surface area (Å²) in [5, 5.41) is 15.9. The Hall–Kier alpha value is -4.02. The molecule has 0 aliphatic carbocycles. The van der Waals surface area contributed by atoms with Crippen LogP contribution in [0.15, 0.2) is 97.1 Å². The third-order valence-corrected chi connectivity index (χ3v) is 6.70. The molecule has 4 heteroatoms. The number of aryl methyl sites for hydroxylation is 2. The summed E-state index contributed by atoms with van der Waals surface area (Å²) in [7, 11) is 0. The Bertz CT molecular complexity index is 1470. The number of aliphatic hydroxyl groups is 1. The van der Waals surface area contributed by atoms with Gasteiger partial charge in [0.1, 0.15) is 5.75 Å². The Morgan fingerprint density at radius 3 is 2.14 bits per heavy atom. The van der Waals surface area contributed by atoms with Crippen molar-refractivity contribution < 1.29 is 9.84 Å². The fourth-order valence-corrected chi connectivity index (χ4v) is 5.21. The molecule has 0 unspecified atom stereocenters. The van der Waals surface area contributed by atoms with Crippen molar-refractivity contribution in [2.75, 3.05) is 18.5 Å². The van der Waals surface area contributed by atoms with Crippen molar-refractivity contribution in [1.29, 1.82) is 0 Å². The molecular formula is C33H34N2O2. The minimum atomic E-state index is -0.589. The van der Waals surface area contributed by atoms with Crippen LogP contribution in [0.2, 0.25) is 0 Å². The molecule has 2 N–H and O–H groups in total. The van der Waals surface area contributed by atoms with E-state index in [9.17, 15) is 5.11 Å². The lowest BCUT2D eigenvalue weighted by atomic mass is 9.97. The molecule has 0 aliphatic heterocycles. The molecule has 0 radical (unpaired) electrons. The lowest BCUT2D eigenvalue weighted by Crippen LogP contribution is -2.25. The fourth-order valence-electron chi connectivity index (χ4n) is 5.21. The van der Waals surface area contributed by atoms with Crippen LogP contribution in [0.1, 0.15) is 18.1 Å². The molecule has 1 heterocycles. The van der Waals surface area contributed by atoms with E-state index >= 15 is 0 Å². The van der Waals surface area contributed by atoms with Gasteiger partial charge in [0.15, 0.2) is 0 Å². The van der Waals surface area contributed by atoms with Gasteiger partial charge in [-0.15, -0.1) is 0 Å². The summed E-state index contributed by atoms with van der Waals surface area (Å²) >= 11 is 0. The van der Waals surface area contributed by atoms with Gasteiger partial charge in [-0.05, 0) is 67.8 Å². The van der Waals surface area contributed by atoms with Gasteiger partial charge in [0, 0.05) is 23.2 Å². The predicted molar refractivity (Wildman–Crippen MR) is 154 cm³/mol. The van der Waals surface area contributed by atoms with Gasteiger partial charge in [-0.25, -0.2) is 0 Å². The summed E-state index contributed by atoms with van der Waals surface area (Å²) in [6.07, 6.45) is -0.589. The molecule has 1 atom stereocenters. The molecule has 0 fully saturated rings. The molecule has 1 aromatic heterocycles. The first-order valence-electron chi connectivity index (χ1n) is 12.9. The maximum Gasteiger partial charge on any atom is 0.119 e. The van der Waals surface area contributed by atoms with Crippen LogP contribution in [0.3, 0.4) is 0 Å². The van der Waals surface area contributed by atoms with Crippen molar-refractivity contribution in [2.45, 2.75) is 33.4 Å². The summed E-state index contributed by atoms with van der Waals surface area (Å²) in [6.45, 7) is 7.85. The number of hydrogen-bond donors (Lipinski definition) is 2. The highest BCUT2D eigenvalue weighted by Crippen LogP contribution is 2.42. The fraction of sp³-hybridized carbons (Fsp3) is 0.212. The van der Waals surface area contributed by atoms with E-state index in [-0.39, 0.29) is 0 Å². The average molecular weight is 491 g/mol. The second-order valence-electron chi connectivity index (χ2n) is 9.54. The van der Waals surface area contributed by atoms with E-state index in [1.54, 1.807) is 0 Å². The largest absolute Gasteiger partial charge is 0.494 e. The van der Waals surface area contributed by atoms with E-state index in [1.165, 1.54) is 33.2 Å². The van der Waals surface area contributed by atoms with E-state index in [1.807, 2.05) is 37.3 Å². The number of benzene rings is 4. The van der Waals surface area contributed by atoms with Gasteiger partial charge in [-0.2, -0.15) is 0 Å². The van der Waals surface area contributed by atoms with Gasteiger partial charge in [-0.3, -0.25) is 0 Å². The van der Waals surface area contributed by atoms with Crippen LogP contribution < -0.4 is 10.1 Å². The quantitative estimate of drug-likeness (QED) is 0.225. The molecule has 0 bridgehead atoms. The molecule has 0 amide bonds. The van der Waals surface area contributed by atoms with E-state index in [4.69, 9.17) is 4.74 Å². The third-order valence-electron chi connectivity index (χ3n) is 6.70. The summed E-state index contributed by atoms with van der Waals surface area (Å²) in [4.78, 5) is 0. The number of anilines is 1. The van der Waals surface area contributed by atoms with Crippen LogP contribution in [0.25, 0.3) is 33.3 Å². The number of nitrogens with zero attached hydrogens (tertiary/aromatic N) is 1. The van der Waals surface area contributed by atoms with Crippen LogP contribution in [-0.2, 0) is 6.54 Å². The SMILES string of the molecule is CCOc1ccc(NC[C@@H](O)Cn2c(-c3ccccc3)c(-c3ccccc3)c3cc(C)cc(C)c32)cc1. The van der Waals surface area contributed by atoms with Crippen LogP contribution in [0.5, 0.6) is 5.75 Å². The van der Waals surface area contributed by atoms with Gasteiger partial charge in [-0.1, -0.05) is 72.3 Å². The zero-order chi connectivity index (χ0) is 25.8. The van der Waals surface area contributed by atoms with Crippen LogP contribution >= 0.6 is 0 Å². The molecule has 37 heavy (non-hydrogen) atoms. The van der Waals surface area contributed by atoms with E-state index in [0.717, 1.165) is 22.7 Å². The highest BCUT2D eigenvalue weighted by molar-refractivity contribution is 6.06. The number of nitrogens with one attached hydrogen (secondary N) is 1. The molecule has 0 saturated carbocycles. The maximum atomic E-state index is 11.3. The standard InChI is InChI=1S/C33H34N2O2/c1-4-37-29-17-15-27(16-18-29)34-21-28(36)22-35-32-24(3)19-23(2)20-30(32)31(25-11-7-5-8-12-25)33(35)26-13-9-6-10-14-26/h5-20,28,34,36H,4,21-22H2,1-3H3/t28-/m1/s1. The molecular weight excluding hydrogens is 456 g/mol. The molecule has 4 aromatic carbocycles. The van der Waals surface area contributed by atoms with E-state index in [0.29, 0.717) is 19.7 Å². The van der Waals surface area contributed by atoms with Crippen molar-refractivity contribution >= 4 is 16.6 Å². The Labute approximate surface area is 219 Å². The lowest BCUT2D eigenvalue weighted by Gasteiger charge is -2.19. The minimum absolute atomic E-state index is 0.438. The maximum absolute atomic E-state index is 11.3. The minimum Gasteiger partial charge on any atom is -0.494 e. The third kappa shape index (κ3) is 5.25. The number of aliphatic hydroxyl groups excluding tert-OH is 1. The smallest absolute Gasteiger partial charge is 0.119 e. The van der Waals surface area contributed by atoms with Gasteiger partial charge in [0.2, 0.25) is 0 Å². The van der Waals surface area contributed by atoms with E-state index in [2.05, 4.69) is 90.5 Å². The first kappa shape index (κ1) is 24.7. The monoisotopic (exact) mass is 490 g/mol. The molecule has 5 aromatic rings. The van der Waals surface area contributed by atoms with Gasteiger partial charge < -0.3 is 19.7 Å². The Morgan fingerprint density at radius 1 is 0.838 bits per heavy atom. The molecule has 0 saturated heterocycles. The van der Waals surface area contributed by atoms with Crippen LogP contribution in [-0.4, -0.2) is 28.9 Å². The molecule has 0 aliphatic rings. The number of rotatable bonds is 9. The first-order chi connectivity index (χ1) is 18.0. The van der Waals surface area contributed by atoms with Crippen LogP contribution in [0.4, 0.5) is 5.69 Å². The summed E-state index contributed by atoms with van der Waals surface area (Å²) in [6, 6.07) is 33.5. The molecule has 4 nitrogen and oxygen atoms in total. The lowest BCUT2D eigenvalue weighted by molar-refractivity contribution is 0.169. The van der Waals surface area contributed by atoms with Crippen molar-refractivity contribution in [3.05, 3.63) is 108 Å². The van der Waals surface area contributed by atoms with Gasteiger partial charge in [0.05, 0.1) is 30.5 Å².